The topological polar surface area (TPSA) is 76.7 Å². The molecule has 1 aliphatic rings. The van der Waals surface area contributed by atoms with Gasteiger partial charge in [0.15, 0.2) is 6.61 Å². The molecule has 0 saturated carbocycles. The quantitative estimate of drug-likeness (QED) is 0.785. The van der Waals surface area contributed by atoms with Crippen LogP contribution in [-0.2, 0) is 14.3 Å². The Morgan fingerprint density at radius 3 is 2.90 bits per heavy atom. The molecule has 0 aliphatic carbocycles. The summed E-state index contributed by atoms with van der Waals surface area (Å²) in [6, 6.07) is 4.96. The summed E-state index contributed by atoms with van der Waals surface area (Å²) in [6.07, 6.45) is 1.02. The minimum absolute atomic E-state index is 0.230. The van der Waals surface area contributed by atoms with Gasteiger partial charge in [0.2, 0.25) is 0 Å². The highest BCUT2D eigenvalue weighted by Gasteiger charge is 2.23. The molecule has 1 aromatic carbocycles. The molecule has 1 saturated heterocycles. The Balaban J connectivity index is 1.73. The van der Waals surface area contributed by atoms with E-state index in [-0.39, 0.29) is 12.5 Å². The van der Waals surface area contributed by atoms with Crippen molar-refractivity contribution in [1.82, 2.24) is 10.9 Å². The lowest BCUT2D eigenvalue weighted by atomic mass is 10.2. The van der Waals surface area contributed by atoms with Crippen molar-refractivity contribution in [3.63, 3.8) is 0 Å². The fourth-order valence-electron chi connectivity index (χ4n) is 1.77. The Morgan fingerprint density at radius 2 is 2.24 bits per heavy atom. The molecule has 1 aromatic rings. The van der Waals surface area contributed by atoms with Crippen LogP contribution in [0.4, 0.5) is 0 Å². The van der Waals surface area contributed by atoms with Crippen LogP contribution >= 0.6 is 27.5 Å². The molecule has 0 aromatic heterocycles. The number of hydrazine groups is 1. The summed E-state index contributed by atoms with van der Waals surface area (Å²) >= 11 is 9.08. The van der Waals surface area contributed by atoms with E-state index in [0.717, 1.165) is 6.42 Å². The van der Waals surface area contributed by atoms with Crippen molar-refractivity contribution in [3.8, 4) is 5.75 Å². The summed E-state index contributed by atoms with van der Waals surface area (Å²) in [6.45, 7) is 0.339. The minimum Gasteiger partial charge on any atom is -0.483 e. The van der Waals surface area contributed by atoms with Crippen molar-refractivity contribution in [1.29, 1.82) is 0 Å². The maximum absolute atomic E-state index is 11.6. The van der Waals surface area contributed by atoms with Crippen LogP contribution in [0.2, 0.25) is 5.02 Å². The van der Waals surface area contributed by atoms with Crippen LogP contribution in [0.25, 0.3) is 0 Å². The van der Waals surface area contributed by atoms with Crippen LogP contribution in [0.5, 0.6) is 5.75 Å². The molecule has 8 heteroatoms. The van der Waals surface area contributed by atoms with Gasteiger partial charge in [0.25, 0.3) is 11.8 Å². The molecule has 0 radical (unpaired) electrons. The number of hydrogen-bond acceptors (Lipinski definition) is 4. The number of ether oxygens (including phenoxy) is 2. The van der Waals surface area contributed by atoms with Gasteiger partial charge in [-0.05, 0) is 47.0 Å². The van der Waals surface area contributed by atoms with E-state index < -0.39 is 12.0 Å². The van der Waals surface area contributed by atoms with E-state index >= 15 is 0 Å². The van der Waals surface area contributed by atoms with E-state index in [1.807, 2.05) is 0 Å². The maximum Gasteiger partial charge on any atom is 0.276 e. The van der Waals surface area contributed by atoms with Gasteiger partial charge in [0.1, 0.15) is 11.9 Å². The normalized spacial score (nSPS) is 17.3. The molecule has 1 aliphatic heterocycles. The van der Waals surface area contributed by atoms with Gasteiger partial charge in [-0.1, -0.05) is 11.6 Å². The predicted octanol–water partition coefficient (Wildman–Crippen LogP) is 1.81. The number of amides is 2. The number of carbonyl (C=O) groups excluding carboxylic acids is 2. The highest BCUT2D eigenvalue weighted by atomic mass is 79.9. The Morgan fingerprint density at radius 1 is 1.43 bits per heavy atom. The van der Waals surface area contributed by atoms with Crippen LogP contribution in [0.1, 0.15) is 12.8 Å². The molecule has 2 rings (SSSR count). The molecule has 0 spiro atoms. The third kappa shape index (κ3) is 4.87. The van der Waals surface area contributed by atoms with Crippen molar-refractivity contribution < 1.29 is 19.1 Å². The van der Waals surface area contributed by atoms with Gasteiger partial charge >= 0.3 is 0 Å². The molecule has 0 unspecified atom stereocenters. The Labute approximate surface area is 135 Å². The second-order valence-corrected chi connectivity index (χ2v) is 5.69. The average Bonchev–Trinajstić information content (AvgIpc) is 2.98. The van der Waals surface area contributed by atoms with Gasteiger partial charge in [-0.15, -0.1) is 0 Å². The van der Waals surface area contributed by atoms with E-state index in [1.54, 1.807) is 18.2 Å². The standard InChI is InChI=1S/C13H14BrClN2O4/c14-9-6-8(15)3-4-10(9)21-7-12(18)16-17-13(19)11-2-1-5-20-11/h3-4,6,11H,1-2,5,7H2,(H,16,18)(H,17,19)/t11-/m0/s1. The van der Waals surface area contributed by atoms with Crippen LogP contribution < -0.4 is 15.6 Å². The Kier molecular flexibility index (Phi) is 5.84. The first-order chi connectivity index (χ1) is 10.1. The van der Waals surface area contributed by atoms with E-state index in [9.17, 15) is 9.59 Å². The number of nitrogens with one attached hydrogen (secondary N) is 2. The van der Waals surface area contributed by atoms with E-state index in [1.165, 1.54) is 0 Å². The number of benzene rings is 1. The molecular formula is C13H14BrClN2O4. The third-order valence-electron chi connectivity index (χ3n) is 2.80. The van der Waals surface area contributed by atoms with Crippen LogP contribution in [0, 0.1) is 0 Å². The molecule has 114 valence electrons. The van der Waals surface area contributed by atoms with Gasteiger partial charge in [-0.25, -0.2) is 0 Å². The number of rotatable bonds is 4. The molecule has 1 heterocycles. The Hall–Kier alpha value is -1.31. The summed E-state index contributed by atoms with van der Waals surface area (Å²) < 4.78 is 11.1. The van der Waals surface area contributed by atoms with E-state index in [2.05, 4.69) is 26.8 Å². The van der Waals surface area contributed by atoms with Crippen molar-refractivity contribution in [2.75, 3.05) is 13.2 Å². The predicted molar refractivity (Wildman–Crippen MR) is 79.9 cm³/mol. The fraction of sp³-hybridized carbons (Fsp3) is 0.385. The zero-order chi connectivity index (χ0) is 15.2. The summed E-state index contributed by atoms with van der Waals surface area (Å²) in [4.78, 5) is 23.2. The second kappa shape index (κ2) is 7.63. The first-order valence-corrected chi connectivity index (χ1v) is 7.51. The average molecular weight is 378 g/mol. The number of hydrogen-bond donors (Lipinski definition) is 2. The molecular weight excluding hydrogens is 364 g/mol. The van der Waals surface area contributed by atoms with Crippen LogP contribution in [0.15, 0.2) is 22.7 Å². The zero-order valence-electron chi connectivity index (χ0n) is 11.0. The molecule has 21 heavy (non-hydrogen) atoms. The minimum atomic E-state index is -0.489. The van der Waals surface area contributed by atoms with Crippen molar-refractivity contribution in [2.24, 2.45) is 0 Å². The molecule has 2 amide bonds. The van der Waals surface area contributed by atoms with E-state index in [4.69, 9.17) is 21.1 Å². The number of carbonyl (C=O) groups is 2. The number of halogens is 2. The lowest BCUT2D eigenvalue weighted by molar-refractivity contribution is -0.135. The highest BCUT2D eigenvalue weighted by molar-refractivity contribution is 9.10. The largest absolute Gasteiger partial charge is 0.483 e. The van der Waals surface area contributed by atoms with Gasteiger partial charge in [-0.2, -0.15) is 0 Å². The first-order valence-electron chi connectivity index (χ1n) is 6.34. The van der Waals surface area contributed by atoms with Gasteiger partial charge in [-0.3, -0.25) is 20.4 Å². The summed E-state index contributed by atoms with van der Waals surface area (Å²) in [5.74, 6) is -0.336. The second-order valence-electron chi connectivity index (χ2n) is 4.40. The van der Waals surface area contributed by atoms with Crippen molar-refractivity contribution in [3.05, 3.63) is 27.7 Å². The molecule has 2 N–H and O–H groups in total. The lowest BCUT2D eigenvalue weighted by Gasteiger charge is -2.12. The fourth-order valence-corrected chi connectivity index (χ4v) is 2.57. The Bertz CT molecular complexity index is 535. The van der Waals surface area contributed by atoms with Crippen molar-refractivity contribution in [2.45, 2.75) is 18.9 Å². The summed E-state index contributed by atoms with van der Waals surface area (Å²) in [5.41, 5.74) is 4.58. The smallest absolute Gasteiger partial charge is 0.276 e. The molecule has 6 nitrogen and oxygen atoms in total. The SMILES string of the molecule is O=C(COc1ccc(Cl)cc1Br)NNC(=O)[C@@H]1CCCO1. The first kappa shape index (κ1) is 16.1. The highest BCUT2D eigenvalue weighted by Crippen LogP contribution is 2.27. The summed E-state index contributed by atoms with van der Waals surface area (Å²) in [5, 5.41) is 0.558. The van der Waals surface area contributed by atoms with Crippen LogP contribution in [0.3, 0.4) is 0 Å². The summed E-state index contributed by atoms with van der Waals surface area (Å²) in [7, 11) is 0. The lowest BCUT2D eigenvalue weighted by Crippen LogP contribution is -2.47. The van der Waals surface area contributed by atoms with E-state index in [0.29, 0.717) is 28.3 Å². The molecule has 1 atom stereocenters. The van der Waals surface area contributed by atoms with Gasteiger partial charge in [0, 0.05) is 11.6 Å². The zero-order valence-corrected chi connectivity index (χ0v) is 13.4. The maximum atomic E-state index is 11.6. The van der Waals surface area contributed by atoms with Crippen LogP contribution in [-0.4, -0.2) is 31.1 Å². The third-order valence-corrected chi connectivity index (χ3v) is 3.65. The van der Waals surface area contributed by atoms with Gasteiger partial charge < -0.3 is 9.47 Å². The van der Waals surface area contributed by atoms with Gasteiger partial charge in [0.05, 0.1) is 4.47 Å². The molecule has 0 bridgehead atoms. The monoisotopic (exact) mass is 376 g/mol. The molecule has 1 fully saturated rings. The van der Waals surface area contributed by atoms with Crippen molar-refractivity contribution >= 4 is 39.3 Å².